The number of amides is 2. The maximum absolute atomic E-state index is 12.0. The number of hydrogen-bond acceptors (Lipinski definition) is 2. The van der Waals surface area contributed by atoms with Crippen LogP contribution < -0.4 is 10.6 Å². The molecule has 2 N–H and O–H groups in total. The number of benzene rings is 2. The molecule has 0 aliphatic heterocycles. The maximum Gasteiger partial charge on any atom is 0.243 e. The Balaban J connectivity index is 1.87. The fourth-order valence-corrected chi connectivity index (χ4v) is 2.45. The Labute approximate surface area is 140 Å². The summed E-state index contributed by atoms with van der Waals surface area (Å²) in [5.41, 5.74) is 3.50. The molecule has 0 aliphatic rings. The van der Waals surface area contributed by atoms with E-state index in [1.54, 1.807) is 12.1 Å². The van der Waals surface area contributed by atoms with Gasteiger partial charge in [-0.05, 0) is 36.6 Å². The fraction of sp³-hybridized carbons (Fsp3) is 0.222. The van der Waals surface area contributed by atoms with Gasteiger partial charge >= 0.3 is 0 Å². The van der Waals surface area contributed by atoms with Gasteiger partial charge in [-0.3, -0.25) is 9.59 Å². The molecule has 2 rings (SSSR count). The molecule has 0 aliphatic carbocycles. The summed E-state index contributed by atoms with van der Waals surface area (Å²) in [6.07, 6.45) is 0.149. The van der Waals surface area contributed by atoms with E-state index in [0.29, 0.717) is 5.02 Å². The van der Waals surface area contributed by atoms with Crippen molar-refractivity contribution in [3.05, 3.63) is 64.2 Å². The lowest BCUT2D eigenvalue weighted by atomic mass is 10.1. The van der Waals surface area contributed by atoms with Crippen molar-refractivity contribution in [1.82, 2.24) is 5.32 Å². The van der Waals surface area contributed by atoms with Gasteiger partial charge in [-0.25, -0.2) is 0 Å². The molecule has 23 heavy (non-hydrogen) atoms. The Morgan fingerprint density at radius 3 is 2.26 bits per heavy atom. The van der Waals surface area contributed by atoms with E-state index in [1.807, 2.05) is 44.2 Å². The molecule has 4 nitrogen and oxygen atoms in total. The van der Waals surface area contributed by atoms with E-state index in [1.165, 1.54) is 0 Å². The summed E-state index contributed by atoms with van der Waals surface area (Å²) in [6, 6.07) is 12.9. The van der Waals surface area contributed by atoms with Crippen LogP contribution in [-0.4, -0.2) is 18.4 Å². The summed E-state index contributed by atoms with van der Waals surface area (Å²) in [5, 5.41) is 5.98. The predicted molar refractivity (Wildman–Crippen MR) is 92.7 cm³/mol. The van der Waals surface area contributed by atoms with Crippen LogP contribution in [0.4, 0.5) is 5.69 Å². The zero-order valence-corrected chi connectivity index (χ0v) is 13.9. The number of aryl methyl sites for hydroxylation is 2. The second-order valence-electron chi connectivity index (χ2n) is 5.36. The standard InChI is InChI=1S/C18H19ClN2O2/c1-12-6-5-7-13(2)18(12)21-17(23)11-20-16(22)10-14-8-3-4-9-15(14)19/h3-9H,10-11H2,1-2H3,(H,20,22)(H,21,23). The molecule has 0 aromatic heterocycles. The number of carbonyl (C=O) groups is 2. The minimum atomic E-state index is -0.255. The van der Waals surface area contributed by atoms with Gasteiger partial charge in [0.05, 0.1) is 13.0 Å². The zero-order valence-electron chi connectivity index (χ0n) is 13.2. The molecular weight excluding hydrogens is 312 g/mol. The van der Waals surface area contributed by atoms with Crippen molar-refractivity contribution in [3.63, 3.8) is 0 Å². The van der Waals surface area contributed by atoms with Crippen LogP contribution in [0, 0.1) is 13.8 Å². The molecule has 2 aromatic carbocycles. The molecule has 120 valence electrons. The van der Waals surface area contributed by atoms with Gasteiger partial charge in [-0.1, -0.05) is 48.0 Å². The number of hydrogen-bond donors (Lipinski definition) is 2. The van der Waals surface area contributed by atoms with Crippen molar-refractivity contribution in [2.75, 3.05) is 11.9 Å². The number of anilines is 1. The van der Waals surface area contributed by atoms with Crippen LogP contribution in [0.1, 0.15) is 16.7 Å². The number of halogens is 1. The zero-order chi connectivity index (χ0) is 16.8. The lowest BCUT2D eigenvalue weighted by molar-refractivity contribution is -0.123. The van der Waals surface area contributed by atoms with Gasteiger partial charge in [-0.2, -0.15) is 0 Å². The molecule has 0 heterocycles. The molecular formula is C18H19ClN2O2. The summed E-state index contributed by atoms with van der Waals surface area (Å²) in [7, 11) is 0. The van der Waals surface area contributed by atoms with Crippen LogP contribution in [-0.2, 0) is 16.0 Å². The molecule has 2 amide bonds. The Hall–Kier alpha value is -2.33. The van der Waals surface area contributed by atoms with Crippen molar-refractivity contribution in [2.24, 2.45) is 0 Å². The quantitative estimate of drug-likeness (QED) is 0.884. The lowest BCUT2D eigenvalue weighted by Gasteiger charge is -2.12. The van der Waals surface area contributed by atoms with E-state index < -0.39 is 0 Å². The summed E-state index contributed by atoms with van der Waals surface area (Å²) in [6.45, 7) is 3.79. The molecule has 0 atom stereocenters. The monoisotopic (exact) mass is 330 g/mol. The van der Waals surface area contributed by atoms with E-state index in [2.05, 4.69) is 10.6 Å². The van der Waals surface area contributed by atoms with Gasteiger partial charge in [0.1, 0.15) is 0 Å². The van der Waals surface area contributed by atoms with Gasteiger partial charge in [0.15, 0.2) is 0 Å². The van der Waals surface area contributed by atoms with E-state index >= 15 is 0 Å². The van der Waals surface area contributed by atoms with E-state index in [4.69, 9.17) is 11.6 Å². The number of rotatable bonds is 5. The highest BCUT2D eigenvalue weighted by molar-refractivity contribution is 6.31. The summed E-state index contributed by atoms with van der Waals surface area (Å²) in [5.74, 6) is -0.496. The van der Waals surface area contributed by atoms with Crippen molar-refractivity contribution >= 4 is 29.1 Å². The van der Waals surface area contributed by atoms with E-state index in [9.17, 15) is 9.59 Å². The molecule has 5 heteroatoms. The van der Waals surface area contributed by atoms with Crippen LogP contribution in [0.5, 0.6) is 0 Å². The average Bonchev–Trinajstić information content (AvgIpc) is 2.51. The molecule has 0 saturated carbocycles. The second kappa shape index (κ2) is 7.79. The minimum absolute atomic E-state index is 0.0724. The van der Waals surface area contributed by atoms with Crippen molar-refractivity contribution in [3.8, 4) is 0 Å². The van der Waals surface area contributed by atoms with E-state index in [-0.39, 0.29) is 24.8 Å². The molecule has 0 spiro atoms. The Bertz CT molecular complexity index is 708. The van der Waals surface area contributed by atoms with Gasteiger partial charge < -0.3 is 10.6 Å². The number of nitrogens with one attached hydrogen (secondary N) is 2. The molecule has 0 unspecified atom stereocenters. The smallest absolute Gasteiger partial charge is 0.243 e. The van der Waals surface area contributed by atoms with Crippen LogP contribution in [0.25, 0.3) is 0 Å². The molecule has 0 bridgehead atoms. The molecule has 0 radical (unpaired) electrons. The van der Waals surface area contributed by atoms with Gasteiger partial charge in [0.2, 0.25) is 11.8 Å². The van der Waals surface area contributed by atoms with Gasteiger partial charge in [0.25, 0.3) is 0 Å². The summed E-state index contributed by atoms with van der Waals surface area (Å²) < 4.78 is 0. The Morgan fingerprint density at radius 2 is 1.61 bits per heavy atom. The topological polar surface area (TPSA) is 58.2 Å². The molecule has 2 aromatic rings. The summed E-state index contributed by atoms with van der Waals surface area (Å²) >= 11 is 6.01. The third-order valence-electron chi connectivity index (χ3n) is 3.50. The van der Waals surface area contributed by atoms with Crippen LogP contribution in [0.15, 0.2) is 42.5 Å². The highest BCUT2D eigenvalue weighted by Gasteiger charge is 2.10. The number of carbonyl (C=O) groups excluding carboxylic acids is 2. The first-order valence-corrected chi connectivity index (χ1v) is 7.71. The third kappa shape index (κ3) is 4.83. The van der Waals surface area contributed by atoms with Crippen LogP contribution in [0.3, 0.4) is 0 Å². The normalized spacial score (nSPS) is 10.2. The highest BCUT2D eigenvalue weighted by Crippen LogP contribution is 2.19. The molecule has 0 saturated heterocycles. The first-order valence-electron chi connectivity index (χ1n) is 7.33. The van der Waals surface area contributed by atoms with E-state index in [0.717, 1.165) is 22.4 Å². The second-order valence-corrected chi connectivity index (χ2v) is 5.77. The first-order chi connectivity index (χ1) is 11.0. The maximum atomic E-state index is 12.0. The SMILES string of the molecule is Cc1cccc(C)c1NC(=O)CNC(=O)Cc1ccccc1Cl. The average molecular weight is 331 g/mol. The van der Waals surface area contributed by atoms with Gasteiger partial charge in [0, 0.05) is 10.7 Å². The Kier molecular flexibility index (Phi) is 5.77. The van der Waals surface area contributed by atoms with Gasteiger partial charge in [-0.15, -0.1) is 0 Å². The van der Waals surface area contributed by atoms with Crippen molar-refractivity contribution in [1.29, 1.82) is 0 Å². The lowest BCUT2D eigenvalue weighted by Crippen LogP contribution is -2.34. The Morgan fingerprint density at radius 1 is 0.957 bits per heavy atom. The van der Waals surface area contributed by atoms with Crippen molar-refractivity contribution < 1.29 is 9.59 Å². The fourth-order valence-electron chi connectivity index (χ4n) is 2.25. The minimum Gasteiger partial charge on any atom is -0.347 e. The van der Waals surface area contributed by atoms with Crippen molar-refractivity contribution in [2.45, 2.75) is 20.3 Å². The third-order valence-corrected chi connectivity index (χ3v) is 3.87. The largest absolute Gasteiger partial charge is 0.347 e. The summed E-state index contributed by atoms with van der Waals surface area (Å²) in [4.78, 5) is 23.9. The van der Waals surface area contributed by atoms with Crippen LogP contribution >= 0.6 is 11.6 Å². The predicted octanol–water partition coefficient (Wildman–Crippen LogP) is 3.25. The highest BCUT2D eigenvalue weighted by atomic mass is 35.5. The first kappa shape index (κ1) is 17.0. The molecule has 0 fully saturated rings. The number of para-hydroxylation sites is 1. The van der Waals surface area contributed by atoms with Crippen LogP contribution in [0.2, 0.25) is 5.02 Å².